The number of rotatable bonds is 4. The highest BCUT2D eigenvalue weighted by molar-refractivity contribution is 7.90. The summed E-state index contributed by atoms with van der Waals surface area (Å²) in [5.74, 6) is -0.0415. The van der Waals surface area contributed by atoms with Crippen LogP contribution < -0.4 is 19.7 Å². The normalized spacial score (nSPS) is 28.1. The van der Waals surface area contributed by atoms with Crippen molar-refractivity contribution in [1.82, 2.24) is 14.9 Å². The molecule has 2 N–H and O–H groups in total. The monoisotopic (exact) mass is 714 g/mol. The second-order valence-electron chi connectivity index (χ2n) is 14.3. The zero-order chi connectivity index (χ0) is 35.0. The summed E-state index contributed by atoms with van der Waals surface area (Å²) in [6, 6.07) is 10.9. The Morgan fingerprint density at radius 3 is 2.78 bits per heavy atom. The Kier molecular flexibility index (Phi) is 10.2. The Hall–Kier alpha value is -3.32. The maximum atomic E-state index is 13.6. The van der Waals surface area contributed by atoms with Crippen LogP contribution in [-0.2, 0) is 36.1 Å². The molecule has 266 valence electrons. The molecule has 1 fully saturated rings. The molecule has 6 rings (SSSR count). The molecule has 0 radical (unpaired) electrons. The van der Waals surface area contributed by atoms with Gasteiger partial charge in [-0.3, -0.25) is 4.79 Å². The van der Waals surface area contributed by atoms with Crippen LogP contribution in [0, 0.1) is 11.8 Å². The number of aryl methyl sites for hydroxylation is 1. The van der Waals surface area contributed by atoms with Crippen LogP contribution in [0.25, 0.3) is 0 Å². The van der Waals surface area contributed by atoms with Crippen LogP contribution in [-0.4, -0.2) is 90.5 Å². The van der Waals surface area contributed by atoms with Crippen molar-refractivity contribution in [3.8, 4) is 5.75 Å². The van der Waals surface area contributed by atoms with Gasteiger partial charge in [0.15, 0.2) is 0 Å². The minimum absolute atomic E-state index is 0.0232. The van der Waals surface area contributed by atoms with Crippen LogP contribution in [0.15, 0.2) is 53.4 Å². The van der Waals surface area contributed by atoms with Gasteiger partial charge in [0.25, 0.3) is 15.9 Å². The second-order valence-corrected chi connectivity index (χ2v) is 16.4. The molecule has 2 aromatic rings. The number of carbonyl (C=O) groups excluding carboxylic acids is 2. The van der Waals surface area contributed by atoms with E-state index in [1.165, 1.54) is 31.0 Å². The van der Waals surface area contributed by atoms with Gasteiger partial charge in [-0.1, -0.05) is 23.7 Å². The zero-order valence-electron chi connectivity index (χ0n) is 28.7. The van der Waals surface area contributed by atoms with Gasteiger partial charge in [0.1, 0.15) is 17.5 Å². The lowest BCUT2D eigenvalue weighted by molar-refractivity contribution is -0.139. The molecule has 13 heteroatoms. The fourth-order valence-electron chi connectivity index (χ4n) is 7.46. The van der Waals surface area contributed by atoms with Gasteiger partial charge < -0.3 is 29.3 Å². The fraction of sp³-hybridized carbons (Fsp3) is 0.556. The van der Waals surface area contributed by atoms with Crippen molar-refractivity contribution in [1.29, 1.82) is 0 Å². The van der Waals surface area contributed by atoms with E-state index < -0.39 is 33.7 Å². The summed E-state index contributed by atoms with van der Waals surface area (Å²) < 4.78 is 48.0. The zero-order valence-corrected chi connectivity index (χ0v) is 30.2. The maximum Gasteiger partial charge on any atom is 0.410 e. The van der Waals surface area contributed by atoms with Gasteiger partial charge in [-0.25, -0.2) is 17.9 Å². The minimum atomic E-state index is -4.24. The second kappa shape index (κ2) is 14.1. The highest BCUT2D eigenvalue weighted by Crippen LogP contribution is 2.47. The third-order valence-corrected chi connectivity index (χ3v) is 12.1. The van der Waals surface area contributed by atoms with E-state index in [2.05, 4.69) is 21.0 Å². The van der Waals surface area contributed by atoms with E-state index in [1.54, 1.807) is 30.2 Å². The smallest absolute Gasteiger partial charge is 0.410 e. The summed E-state index contributed by atoms with van der Waals surface area (Å²) in [6.45, 7) is 5.82. The standard InChI is InChI=1S/C36H47ClN4O7S/c1-35(2)33(42)39-49(44,45)27-11-14-32-30(20-27)41(22-36(23-46-32)15-5-7-24-19-26(37)10-13-29(24)36)21-25-9-12-28(25)31(8-6-18-47-35)48-34(43)40(4)17-16-38-3/h6,8,10-11,13-14,19-20,25,28,31,38H,5,7,9,12,15-18,21-23H2,1-4H3,(H,39,42)/b8-6+/t25-,28+,31-,36-/m0/s1. The molecule has 0 unspecified atom stereocenters. The van der Waals surface area contributed by atoms with Crippen molar-refractivity contribution in [2.45, 2.75) is 68.0 Å². The highest BCUT2D eigenvalue weighted by Gasteiger charge is 2.45. The van der Waals surface area contributed by atoms with E-state index >= 15 is 0 Å². The molecule has 4 atom stereocenters. The lowest BCUT2D eigenvalue weighted by atomic mass is 9.68. The van der Waals surface area contributed by atoms with E-state index in [0.29, 0.717) is 49.2 Å². The highest BCUT2D eigenvalue weighted by atomic mass is 35.5. The fourth-order valence-corrected chi connectivity index (χ4v) is 8.78. The van der Waals surface area contributed by atoms with E-state index in [1.807, 2.05) is 25.3 Å². The number of nitrogens with zero attached hydrogens (tertiary/aromatic N) is 2. The summed E-state index contributed by atoms with van der Waals surface area (Å²) >= 11 is 6.43. The predicted molar refractivity (Wildman–Crippen MR) is 188 cm³/mol. The van der Waals surface area contributed by atoms with E-state index in [9.17, 15) is 18.0 Å². The lowest BCUT2D eigenvalue weighted by Crippen LogP contribution is -2.50. The summed E-state index contributed by atoms with van der Waals surface area (Å²) in [5, 5.41) is 3.76. The van der Waals surface area contributed by atoms with E-state index in [-0.39, 0.29) is 28.8 Å². The quantitative estimate of drug-likeness (QED) is 0.435. The van der Waals surface area contributed by atoms with Gasteiger partial charge in [-0.15, -0.1) is 0 Å². The van der Waals surface area contributed by atoms with Crippen molar-refractivity contribution in [2.24, 2.45) is 11.8 Å². The summed E-state index contributed by atoms with van der Waals surface area (Å²) in [5.41, 5.74) is 1.25. The number of sulfonamides is 1. The number of hydrogen-bond acceptors (Lipinski definition) is 9. The summed E-state index contributed by atoms with van der Waals surface area (Å²) in [7, 11) is -0.687. The molecular formula is C36H47ClN4O7S. The largest absolute Gasteiger partial charge is 0.490 e. The molecule has 2 aliphatic carbocycles. The molecule has 2 amide bonds. The Balaban J connectivity index is 1.40. The first-order chi connectivity index (χ1) is 23.3. The molecule has 1 spiro atoms. The van der Waals surface area contributed by atoms with Crippen molar-refractivity contribution in [3.05, 3.63) is 64.7 Å². The number of benzene rings is 2. The van der Waals surface area contributed by atoms with Crippen molar-refractivity contribution in [3.63, 3.8) is 0 Å². The number of ether oxygens (including phenoxy) is 3. The van der Waals surface area contributed by atoms with Crippen LogP contribution in [0.5, 0.6) is 5.75 Å². The van der Waals surface area contributed by atoms with Gasteiger partial charge in [0, 0.05) is 49.6 Å². The van der Waals surface area contributed by atoms with E-state index in [0.717, 1.165) is 32.1 Å². The van der Waals surface area contributed by atoms with Gasteiger partial charge >= 0.3 is 6.09 Å². The van der Waals surface area contributed by atoms with Crippen LogP contribution in [0.1, 0.15) is 50.7 Å². The molecular weight excluding hydrogens is 668 g/mol. The Bertz CT molecular complexity index is 1720. The van der Waals surface area contributed by atoms with Gasteiger partial charge in [0.05, 0.1) is 23.8 Å². The Labute approximate surface area is 294 Å². The number of hydrogen-bond donors (Lipinski definition) is 2. The number of amides is 2. The van der Waals surface area contributed by atoms with Crippen LogP contribution in [0.2, 0.25) is 5.02 Å². The molecule has 0 aromatic heterocycles. The number of fused-ring (bicyclic) bond motifs is 4. The predicted octanol–water partition coefficient (Wildman–Crippen LogP) is 4.67. The lowest BCUT2D eigenvalue weighted by Gasteiger charge is -2.46. The molecule has 1 saturated carbocycles. The number of halogens is 1. The first kappa shape index (κ1) is 35.5. The number of anilines is 1. The average Bonchev–Trinajstić information content (AvgIpc) is 3.19. The molecule has 49 heavy (non-hydrogen) atoms. The van der Waals surface area contributed by atoms with Crippen molar-refractivity contribution in [2.75, 3.05) is 58.4 Å². The third-order valence-electron chi connectivity index (χ3n) is 10.6. The Morgan fingerprint density at radius 1 is 1.20 bits per heavy atom. The van der Waals surface area contributed by atoms with Crippen LogP contribution in [0.3, 0.4) is 0 Å². The first-order valence-electron chi connectivity index (χ1n) is 17.1. The van der Waals surface area contributed by atoms with E-state index in [4.69, 9.17) is 25.8 Å². The molecule has 11 nitrogen and oxygen atoms in total. The molecule has 4 aliphatic rings. The molecule has 2 bridgehead atoms. The number of nitrogens with one attached hydrogen (secondary N) is 2. The van der Waals surface area contributed by atoms with Crippen molar-refractivity contribution >= 4 is 39.3 Å². The number of carbonyl (C=O) groups is 2. The SMILES string of the molecule is CNCCN(C)C(=O)O[C@H]1/C=C/COC(C)(C)C(=O)NS(=O)(=O)c2ccc3c(c2)N(C[C@@H]2CC[C@H]21)C[C@@]1(CCCc2cc(Cl)ccc21)CO3. The maximum absolute atomic E-state index is 13.6. The summed E-state index contributed by atoms with van der Waals surface area (Å²) in [4.78, 5) is 30.2. The first-order valence-corrected chi connectivity index (χ1v) is 18.9. The van der Waals surface area contributed by atoms with Crippen LogP contribution >= 0.6 is 11.6 Å². The molecule has 2 aliphatic heterocycles. The topological polar surface area (TPSA) is 127 Å². The van der Waals surface area contributed by atoms with Gasteiger partial charge in [-0.05, 0) is 106 Å². The molecule has 2 aromatic carbocycles. The summed E-state index contributed by atoms with van der Waals surface area (Å²) in [6.07, 6.45) is 7.25. The third kappa shape index (κ3) is 7.43. The van der Waals surface area contributed by atoms with Crippen molar-refractivity contribution < 1.29 is 32.2 Å². The van der Waals surface area contributed by atoms with Gasteiger partial charge in [0.2, 0.25) is 0 Å². The minimum Gasteiger partial charge on any atom is -0.490 e. The molecule has 0 saturated heterocycles. The van der Waals surface area contributed by atoms with Gasteiger partial charge in [-0.2, -0.15) is 0 Å². The van der Waals surface area contributed by atoms with Crippen LogP contribution in [0.4, 0.5) is 10.5 Å². The Morgan fingerprint density at radius 2 is 2.02 bits per heavy atom. The average molecular weight is 715 g/mol. The number of likely N-dealkylation sites (N-methyl/N-ethyl adjacent to an activating group) is 2. The molecule has 2 heterocycles.